The van der Waals surface area contributed by atoms with Crippen LogP contribution in [0.5, 0.6) is 0 Å². The normalized spacial score (nSPS) is 18.8. The number of epoxide rings is 1. The molecular weight excluding hydrogens is 155 g/mol. The van der Waals surface area contributed by atoms with Crippen molar-refractivity contribution in [1.29, 1.82) is 0 Å². The number of hydrogen-bond acceptors (Lipinski definition) is 1. The van der Waals surface area contributed by atoms with Gasteiger partial charge in [-0.15, -0.1) is 9.24 Å². The first-order chi connectivity index (χ1) is 5.35. The third-order valence-corrected chi connectivity index (χ3v) is 1.22. The maximum Gasteiger partial charge on any atom is 0.0813 e. The van der Waals surface area contributed by atoms with E-state index in [0.29, 0.717) is 6.10 Å². The predicted octanol–water partition coefficient (Wildman–Crippen LogP) is 3.09. The van der Waals surface area contributed by atoms with Gasteiger partial charge in [-0.1, -0.05) is 34.1 Å². The first-order valence-electron chi connectivity index (χ1n) is 4.66. The van der Waals surface area contributed by atoms with E-state index in [1.807, 2.05) is 13.8 Å². The zero-order chi connectivity index (χ0) is 9.11. The highest BCUT2D eigenvalue weighted by Crippen LogP contribution is 2.13. The smallest absolute Gasteiger partial charge is 0.0813 e. The lowest BCUT2D eigenvalue weighted by Crippen LogP contribution is -1.82. The van der Waals surface area contributed by atoms with E-state index in [2.05, 4.69) is 23.1 Å². The molecule has 2 heteroatoms. The second kappa shape index (κ2) is 13.0. The third kappa shape index (κ3) is 17.9. The maximum atomic E-state index is 4.94. The van der Waals surface area contributed by atoms with E-state index in [4.69, 9.17) is 4.74 Å². The fourth-order valence-corrected chi connectivity index (χ4v) is 0.792. The Kier molecular flexibility index (Phi) is 16.5. The monoisotopic (exact) mass is 178 g/mol. The highest BCUT2D eigenvalue weighted by atomic mass is 31.0. The molecule has 11 heavy (non-hydrogen) atoms. The molecule has 1 nitrogen and oxygen atoms in total. The molecule has 1 heterocycles. The highest BCUT2D eigenvalue weighted by Gasteiger charge is 2.19. The molecule has 0 bridgehead atoms. The van der Waals surface area contributed by atoms with Gasteiger partial charge in [0.05, 0.1) is 12.7 Å². The molecule has 1 rings (SSSR count). The summed E-state index contributed by atoms with van der Waals surface area (Å²) in [7, 11) is 2.68. The van der Waals surface area contributed by atoms with Crippen molar-refractivity contribution in [2.24, 2.45) is 0 Å². The van der Waals surface area contributed by atoms with Crippen LogP contribution >= 0.6 is 9.24 Å². The van der Waals surface area contributed by atoms with E-state index in [-0.39, 0.29) is 0 Å². The van der Waals surface area contributed by atoms with E-state index >= 15 is 0 Å². The molecule has 70 valence electrons. The van der Waals surface area contributed by atoms with Crippen molar-refractivity contribution in [2.45, 2.75) is 46.6 Å². The quantitative estimate of drug-likeness (QED) is 0.467. The van der Waals surface area contributed by atoms with Crippen molar-refractivity contribution >= 4 is 9.24 Å². The fourth-order valence-electron chi connectivity index (χ4n) is 0.421. The Morgan fingerprint density at radius 1 is 1.36 bits per heavy atom. The van der Waals surface area contributed by atoms with Gasteiger partial charge in [-0.05, 0) is 12.6 Å². The molecule has 2 unspecified atom stereocenters. The minimum absolute atomic E-state index is 0.627. The molecule has 0 spiro atoms. The minimum atomic E-state index is 0.627. The Labute approximate surface area is 74.1 Å². The van der Waals surface area contributed by atoms with Crippen molar-refractivity contribution in [3.63, 3.8) is 0 Å². The first-order valence-corrected chi connectivity index (χ1v) is 5.48. The molecule has 1 aliphatic rings. The van der Waals surface area contributed by atoms with Crippen LogP contribution in [0.15, 0.2) is 0 Å². The zero-order valence-corrected chi connectivity index (χ0v) is 9.55. The van der Waals surface area contributed by atoms with Crippen molar-refractivity contribution in [3.05, 3.63) is 0 Å². The molecule has 0 radical (unpaired) electrons. The highest BCUT2D eigenvalue weighted by molar-refractivity contribution is 7.16. The summed E-state index contributed by atoms with van der Waals surface area (Å²) in [6, 6.07) is 0. The van der Waals surface area contributed by atoms with E-state index in [1.54, 1.807) is 0 Å². The average Bonchev–Trinajstić information content (AvgIpc) is 2.79. The molecule has 1 fully saturated rings. The van der Waals surface area contributed by atoms with Gasteiger partial charge in [0.25, 0.3) is 0 Å². The van der Waals surface area contributed by atoms with E-state index < -0.39 is 0 Å². The fraction of sp³-hybridized carbons (Fsp3) is 1.00. The van der Waals surface area contributed by atoms with Crippen LogP contribution in [-0.4, -0.2) is 18.9 Å². The van der Waals surface area contributed by atoms with Gasteiger partial charge in [0.15, 0.2) is 0 Å². The lowest BCUT2D eigenvalue weighted by molar-refractivity contribution is 0.404. The van der Waals surface area contributed by atoms with E-state index in [1.165, 1.54) is 19.0 Å². The van der Waals surface area contributed by atoms with Crippen LogP contribution in [0.4, 0.5) is 0 Å². The molecular formula is C9H23OP. The van der Waals surface area contributed by atoms with Crippen molar-refractivity contribution in [3.8, 4) is 0 Å². The van der Waals surface area contributed by atoms with E-state index in [9.17, 15) is 0 Å². The SMILES string of the molecule is CC.CCC.PCCC1CO1. The second-order valence-corrected chi connectivity index (χ2v) is 2.82. The Balaban J connectivity index is 0. The standard InChI is InChI=1S/C4H9OP.C3H8.C2H6/c6-2-1-4-3-5-4;1-3-2;1-2/h4H,1-3,6H2;3H2,1-2H3;1-2H3. The average molecular weight is 178 g/mol. The molecule has 0 aromatic carbocycles. The Morgan fingerprint density at radius 3 is 1.82 bits per heavy atom. The molecule has 0 amide bonds. The Morgan fingerprint density at radius 2 is 1.73 bits per heavy atom. The van der Waals surface area contributed by atoms with Crippen LogP contribution in [0.1, 0.15) is 40.5 Å². The summed E-state index contributed by atoms with van der Waals surface area (Å²) in [5.41, 5.74) is 0. The molecule has 2 atom stereocenters. The summed E-state index contributed by atoms with van der Waals surface area (Å²) in [5.74, 6) is 0. The lowest BCUT2D eigenvalue weighted by Gasteiger charge is -1.79. The number of hydrogen-bond donors (Lipinski definition) is 0. The summed E-state index contributed by atoms with van der Waals surface area (Å²) in [6.45, 7) is 9.26. The molecule has 1 saturated heterocycles. The van der Waals surface area contributed by atoms with Gasteiger partial charge in [0, 0.05) is 0 Å². The van der Waals surface area contributed by atoms with Crippen molar-refractivity contribution in [1.82, 2.24) is 0 Å². The van der Waals surface area contributed by atoms with Crippen LogP contribution in [0, 0.1) is 0 Å². The van der Waals surface area contributed by atoms with Crippen LogP contribution in [0.3, 0.4) is 0 Å². The summed E-state index contributed by atoms with van der Waals surface area (Å²) < 4.78 is 4.94. The number of rotatable bonds is 2. The van der Waals surface area contributed by atoms with Gasteiger partial charge in [-0.3, -0.25) is 0 Å². The van der Waals surface area contributed by atoms with Gasteiger partial charge in [-0.25, -0.2) is 0 Å². The summed E-state index contributed by atoms with van der Waals surface area (Å²) >= 11 is 0. The summed E-state index contributed by atoms with van der Waals surface area (Å²) in [5, 5.41) is 0. The van der Waals surface area contributed by atoms with Crippen molar-refractivity contribution < 1.29 is 4.74 Å². The molecule has 0 aromatic rings. The second-order valence-electron chi connectivity index (χ2n) is 2.24. The Bertz CT molecular complexity index is 53.5. The van der Waals surface area contributed by atoms with Gasteiger partial charge in [0.1, 0.15) is 0 Å². The molecule has 0 aliphatic carbocycles. The van der Waals surface area contributed by atoms with Gasteiger partial charge in [-0.2, -0.15) is 0 Å². The zero-order valence-electron chi connectivity index (χ0n) is 8.39. The van der Waals surface area contributed by atoms with Crippen LogP contribution in [-0.2, 0) is 4.74 Å². The van der Waals surface area contributed by atoms with Crippen LogP contribution in [0.25, 0.3) is 0 Å². The van der Waals surface area contributed by atoms with E-state index in [0.717, 1.165) is 6.61 Å². The third-order valence-electron chi connectivity index (χ3n) is 0.891. The van der Waals surface area contributed by atoms with Crippen LogP contribution in [0.2, 0.25) is 0 Å². The largest absolute Gasteiger partial charge is 0.373 e. The van der Waals surface area contributed by atoms with Gasteiger partial charge in [0.2, 0.25) is 0 Å². The minimum Gasteiger partial charge on any atom is -0.373 e. The maximum absolute atomic E-state index is 4.94. The molecule has 0 N–H and O–H groups in total. The summed E-state index contributed by atoms with van der Waals surface area (Å²) in [6.07, 6.45) is 4.29. The molecule has 0 saturated carbocycles. The molecule has 0 aromatic heterocycles. The predicted molar refractivity (Wildman–Crippen MR) is 56.2 cm³/mol. The Hall–Kier alpha value is 0.390. The lowest BCUT2D eigenvalue weighted by atomic mass is 10.4. The van der Waals surface area contributed by atoms with Crippen LogP contribution < -0.4 is 0 Å². The summed E-state index contributed by atoms with van der Waals surface area (Å²) in [4.78, 5) is 0. The molecule has 1 aliphatic heterocycles. The number of ether oxygens (including phenoxy) is 1. The first kappa shape index (κ1) is 13.9. The van der Waals surface area contributed by atoms with Gasteiger partial charge >= 0.3 is 0 Å². The van der Waals surface area contributed by atoms with Gasteiger partial charge < -0.3 is 4.74 Å². The van der Waals surface area contributed by atoms with Crippen molar-refractivity contribution in [2.75, 3.05) is 12.8 Å². The topological polar surface area (TPSA) is 12.5 Å².